The molecule has 0 saturated heterocycles. The van der Waals surface area contributed by atoms with Crippen LogP contribution in [0, 0.1) is 17.0 Å². The fourth-order valence-electron chi connectivity index (χ4n) is 2.39. The number of nitro benzene ring substituents is 1. The summed E-state index contributed by atoms with van der Waals surface area (Å²) in [5.74, 6) is -4.77. The molecule has 1 aromatic carbocycles. The van der Waals surface area contributed by atoms with Gasteiger partial charge in [-0.2, -0.15) is 0 Å². The average molecular weight is 349 g/mol. The van der Waals surface area contributed by atoms with E-state index in [0.29, 0.717) is 0 Å². The highest BCUT2D eigenvalue weighted by Crippen LogP contribution is 2.39. The Morgan fingerprint density at radius 2 is 1.76 bits per heavy atom. The Morgan fingerprint density at radius 1 is 1.20 bits per heavy atom. The number of rotatable bonds is 4. The summed E-state index contributed by atoms with van der Waals surface area (Å²) in [5.41, 5.74) is 0.756. The van der Waals surface area contributed by atoms with E-state index in [2.05, 4.69) is 0 Å². The summed E-state index contributed by atoms with van der Waals surface area (Å²) < 4.78 is 0. The quantitative estimate of drug-likeness (QED) is 0.394. The lowest BCUT2D eigenvalue weighted by molar-refractivity contribution is -0.385. The van der Waals surface area contributed by atoms with Crippen LogP contribution in [0.15, 0.2) is 16.9 Å². The maximum absolute atomic E-state index is 11.9. The number of phenols is 1. The molecule has 0 aliphatic rings. The Hall–Kier alpha value is -3.89. The van der Waals surface area contributed by atoms with Crippen LogP contribution in [0.5, 0.6) is 5.75 Å². The van der Waals surface area contributed by atoms with E-state index in [1.54, 1.807) is 0 Å². The van der Waals surface area contributed by atoms with Crippen molar-refractivity contribution in [1.29, 1.82) is 0 Å². The molecular weight excluding hydrogens is 338 g/mol. The Bertz CT molecular complexity index is 993. The first-order valence-electron chi connectivity index (χ1n) is 6.57. The normalized spacial score (nSPS) is 10.4. The first-order valence-corrected chi connectivity index (χ1v) is 6.57. The topological polar surface area (TPSA) is 197 Å². The number of nitro groups is 1. The lowest BCUT2D eigenvalue weighted by atomic mass is 9.93. The lowest BCUT2D eigenvalue weighted by Crippen LogP contribution is -2.24. The predicted molar refractivity (Wildman–Crippen MR) is 83.9 cm³/mol. The number of aromatic carboxylic acids is 2. The monoisotopic (exact) mass is 349 g/mol. The number of aromatic hydroxyl groups is 1. The summed E-state index contributed by atoms with van der Waals surface area (Å²) in [6.07, 6.45) is 0. The van der Waals surface area contributed by atoms with Crippen LogP contribution in [-0.4, -0.2) is 37.2 Å². The summed E-state index contributed by atoms with van der Waals surface area (Å²) in [6.45, 7) is 1.32. The highest BCUT2D eigenvalue weighted by atomic mass is 16.6. The second-order valence-corrected chi connectivity index (χ2v) is 5.02. The van der Waals surface area contributed by atoms with Gasteiger partial charge in [-0.15, -0.1) is 0 Å². The number of aryl methyl sites for hydroxylation is 1. The molecule has 0 aliphatic heterocycles. The van der Waals surface area contributed by atoms with E-state index in [4.69, 9.17) is 5.73 Å². The second kappa shape index (κ2) is 5.96. The van der Waals surface area contributed by atoms with E-state index in [0.717, 1.165) is 12.1 Å². The number of carboxylic acids is 2. The van der Waals surface area contributed by atoms with Crippen molar-refractivity contribution in [2.24, 2.45) is 0 Å². The Morgan fingerprint density at radius 3 is 2.24 bits per heavy atom. The molecule has 0 spiro atoms. The van der Waals surface area contributed by atoms with Gasteiger partial charge in [0.05, 0.1) is 4.92 Å². The molecular formula is C14H11N3O8. The van der Waals surface area contributed by atoms with Gasteiger partial charge in [-0.05, 0) is 13.0 Å². The van der Waals surface area contributed by atoms with Crippen molar-refractivity contribution in [3.8, 4) is 16.9 Å². The van der Waals surface area contributed by atoms with E-state index in [-0.39, 0.29) is 5.56 Å². The number of pyridine rings is 1. The smallest absolute Gasteiger partial charge is 0.342 e. The van der Waals surface area contributed by atoms with Crippen LogP contribution in [0.2, 0.25) is 0 Å². The van der Waals surface area contributed by atoms with Gasteiger partial charge in [0.25, 0.3) is 11.2 Å². The van der Waals surface area contributed by atoms with Gasteiger partial charge in [-0.25, -0.2) is 9.59 Å². The van der Waals surface area contributed by atoms with E-state index in [9.17, 15) is 39.8 Å². The average Bonchev–Trinajstić information content (AvgIpc) is 2.44. The molecule has 6 N–H and O–H groups in total. The molecule has 2 aromatic rings. The highest BCUT2D eigenvalue weighted by molar-refractivity contribution is 6.08. The second-order valence-electron chi connectivity index (χ2n) is 5.02. The fourth-order valence-corrected chi connectivity index (χ4v) is 2.39. The summed E-state index contributed by atoms with van der Waals surface area (Å²) in [4.78, 5) is 47.0. The molecule has 0 fully saturated rings. The first-order chi connectivity index (χ1) is 11.6. The van der Waals surface area contributed by atoms with Crippen LogP contribution >= 0.6 is 0 Å². The number of H-pyrrole nitrogens is 1. The first kappa shape index (κ1) is 17.5. The van der Waals surface area contributed by atoms with E-state index >= 15 is 0 Å². The zero-order chi connectivity index (χ0) is 19.0. The Kier molecular flexibility index (Phi) is 4.16. The highest BCUT2D eigenvalue weighted by Gasteiger charge is 2.29. The fraction of sp³-hybridized carbons (Fsp3) is 0.0714. The third-order valence-corrected chi connectivity index (χ3v) is 3.45. The summed E-state index contributed by atoms with van der Waals surface area (Å²) >= 11 is 0. The molecule has 0 bridgehead atoms. The zero-order valence-electron chi connectivity index (χ0n) is 12.6. The molecule has 0 unspecified atom stereocenters. The van der Waals surface area contributed by atoms with Gasteiger partial charge >= 0.3 is 11.9 Å². The minimum Gasteiger partial charge on any atom is -0.507 e. The molecule has 130 valence electrons. The van der Waals surface area contributed by atoms with Gasteiger partial charge < -0.3 is 26.0 Å². The number of nitrogens with two attached hydrogens (primary N) is 1. The number of carbonyl (C=O) groups is 2. The van der Waals surface area contributed by atoms with Gasteiger partial charge in [0.15, 0.2) is 0 Å². The van der Waals surface area contributed by atoms with Gasteiger partial charge in [0.1, 0.15) is 22.7 Å². The van der Waals surface area contributed by atoms with Gasteiger partial charge in [0.2, 0.25) is 0 Å². The summed E-state index contributed by atoms with van der Waals surface area (Å²) in [5, 5.41) is 39.7. The van der Waals surface area contributed by atoms with Crippen molar-refractivity contribution in [2.75, 3.05) is 5.73 Å². The van der Waals surface area contributed by atoms with Crippen LogP contribution in [0.25, 0.3) is 11.1 Å². The van der Waals surface area contributed by atoms with Crippen LogP contribution in [0.4, 0.5) is 11.5 Å². The molecule has 1 aromatic heterocycles. The molecule has 25 heavy (non-hydrogen) atoms. The third kappa shape index (κ3) is 2.85. The van der Waals surface area contributed by atoms with Crippen LogP contribution in [0.1, 0.15) is 26.3 Å². The molecule has 11 nitrogen and oxygen atoms in total. The number of hydrogen-bond donors (Lipinski definition) is 5. The van der Waals surface area contributed by atoms with Crippen molar-refractivity contribution in [1.82, 2.24) is 4.98 Å². The molecule has 0 aliphatic carbocycles. The summed E-state index contributed by atoms with van der Waals surface area (Å²) in [7, 11) is 0. The van der Waals surface area contributed by atoms with E-state index in [1.807, 2.05) is 4.98 Å². The molecule has 0 amide bonds. The molecule has 0 radical (unpaired) electrons. The van der Waals surface area contributed by atoms with Crippen molar-refractivity contribution in [2.45, 2.75) is 6.92 Å². The molecule has 1 heterocycles. The Balaban J connectivity index is 3.08. The van der Waals surface area contributed by atoms with Gasteiger partial charge in [0, 0.05) is 22.8 Å². The van der Waals surface area contributed by atoms with Crippen molar-refractivity contribution in [3.63, 3.8) is 0 Å². The largest absolute Gasteiger partial charge is 0.507 e. The Labute approximate surface area is 138 Å². The number of carboxylic acid groups (broad SMARTS) is 2. The number of aromatic amines is 1. The number of hydrogen-bond acceptors (Lipinski definition) is 7. The third-order valence-electron chi connectivity index (χ3n) is 3.45. The molecule has 2 rings (SSSR count). The molecule has 0 atom stereocenters. The minimum absolute atomic E-state index is 0.0535. The van der Waals surface area contributed by atoms with Gasteiger partial charge in [-0.3, -0.25) is 14.9 Å². The van der Waals surface area contributed by atoms with Crippen molar-refractivity contribution < 1.29 is 29.8 Å². The number of nitrogens with one attached hydrogen (secondary N) is 1. The number of phenolic OH excluding ortho intramolecular Hbond substituents is 1. The van der Waals surface area contributed by atoms with Crippen LogP contribution in [-0.2, 0) is 0 Å². The molecule has 11 heteroatoms. The SMILES string of the molecule is Cc1cc(O)c(-c2c(C(=O)O)c(N)[nH]c(=O)c2C(=O)O)cc1[N+](=O)[O-]. The maximum atomic E-state index is 11.9. The van der Waals surface area contributed by atoms with E-state index < -0.39 is 61.9 Å². The maximum Gasteiger partial charge on any atom is 0.342 e. The van der Waals surface area contributed by atoms with Crippen molar-refractivity contribution in [3.05, 3.63) is 49.3 Å². The number of nitrogen functional groups attached to an aromatic ring is 1. The minimum atomic E-state index is -1.79. The van der Waals surface area contributed by atoms with E-state index in [1.165, 1.54) is 6.92 Å². The van der Waals surface area contributed by atoms with Crippen LogP contribution in [0.3, 0.4) is 0 Å². The van der Waals surface area contributed by atoms with Crippen LogP contribution < -0.4 is 11.3 Å². The van der Waals surface area contributed by atoms with Crippen molar-refractivity contribution >= 4 is 23.4 Å². The standard InChI is InChI=1S/C14H11N3O8/c1-4-2-7(18)5(3-6(4)17(24)25)8-9(13(20)21)11(15)16-12(19)10(8)14(22)23/h2-3,18H,1H3,(H,20,21)(H,22,23)(H3,15,16,19). The molecule has 0 saturated carbocycles. The van der Waals surface area contributed by atoms with Gasteiger partial charge in [-0.1, -0.05) is 0 Å². The number of aromatic nitrogens is 1. The predicted octanol–water partition coefficient (Wildman–Crippen LogP) is 0.943. The lowest BCUT2D eigenvalue weighted by Gasteiger charge is -2.13. The number of anilines is 1. The zero-order valence-corrected chi connectivity index (χ0v) is 12.6. The number of nitrogens with zero attached hydrogens (tertiary/aromatic N) is 1. The number of benzene rings is 1. The summed E-state index contributed by atoms with van der Waals surface area (Å²) in [6, 6.07) is 1.75.